The standard InChI is InChI=1S/C20H15ClFN3O2S/c21-13-7-5-11(6-8-13)14-9-16(26)23-18-17(14)19(27)25-20(24-18)28-10-12-3-1-2-4-15(12)22/h1-8,14H,9-10H2,(H2,23,24,25,26,27). The smallest absolute Gasteiger partial charge is 0.257 e. The van der Waals surface area contributed by atoms with Crippen LogP contribution in [0.3, 0.4) is 0 Å². The van der Waals surface area contributed by atoms with Crippen molar-refractivity contribution >= 4 is 35.1 Å². The van der Waals surface area contributed by atoms with Gasteiger partial charge in [-0.25, -0.2) is 9.37 Å². The highest BCUT2D eigenvalue weighted by Gasteiger charge is 2.30. The van der Waals surface area contributed by atoms with E-state index in [-0.39, 0.29) is 29.5 Å². The SMILES string of the molecule is O=C1CC(c2ccc(Cl)cc2)c2c(nc(SCc3ccccc3F)[nH]c2=O)N1. The number of thioether (sulfide) groups is 1. The van der Waals surface area contributed by atoms with Crippen molar-refractivity contribution in [1.29, 1.82) is 0 Å². The monoisotopic (exact) mass is 415 g/mol. The molecule has 0 aliphatic carbocycles. The number of anilines is 1. The van der Waals surface area contributed by atoms with Crippen LogP contribution in [0.1, 0.15) is 29.0 Å². The van der Waals surface area contributed by atoms with Crippen molar-refractivity contribution in [2.45, 2.75) is 23.2 Å². The van der Waals surface area contributed by atoms with Crippen LogP contribution < -0.4 is 10.9 Å². The van der Waals surface area contributed by atoms with Gasteiger partial charge in [-0.1, -0.05) is 53.7 Å². The van der Waals surface area contributed by atoms with Crippen LogP contribution in [0.15, 0.2) is 58.5 Å². The predicted molar refractivity (Wildman–Crippen MR) is 107 cm³/mol. The van der Waals surface area contributed by atoms with E-state index in [0.29, 0.717) is 27.1 Å². The van der Waals surface area contributed by atoms with E-state index in [2.05, 4.69) is 15.3 Å². The molecule has 1 aliphatic rings. The lowest BCUT2D eigenvalue weighted by molar-refractivity contribution is -0.116. The molecule has 0 bridgehead atoms. The van der Waals surface area contributed by atoms with Crippen LogP contribution in [0.5, 0.6) is 0 Å². The predicted octanol–water partition coefficient (Wildman–Crippen LogP) is 4.33. The number of fused-ring (bicyclic) bond motifs is 1. The average molecular weight is 416 g/mol. The second-order valence-electron chi connectivity index (χ2n) is 6.37. The van der Waals surface area contributed by atoms with E-state index in [1.54, 1.807) is 42.5 Å². The number of carbonyl (C=O) groups is 1. The minimum absolute atomic E-state index is 0.154. The van der Waals surface area contributed by atoms with Gasteiger partial charge in [-0.2, -0.15) is 0 Å². The molecule has 142 valence electrons. The van der Waals surface area contributed by atoms with Crippen molar-refractivity contribution in [3.8, 4) is 0 Å². The lowest BCUT2D eigenvalue weighted by Gasteiger charge is -2.24. The normalized spacial score (nSPS) is 15.8. The third kappa shape index (κ3) is 3.81. The first-order valence-corrected chi connectivity index (χ1v) is 9.93. The Balaban J connectivity index is 1.66. The van der Waals surface area contributed by atoms with E-state index >= 15 is 0 Å². The van der Waals surface area contributed by atoms with E-state index in [4.69, 9.17) is 11.6 Å². The summed E-state index contributed by atoms with van der Waals surface area (Å²) in [6.07, 6.45) is 0.154. The molecular formula is C20H15ClFN3O2S. The number of rotatable bonds is 4. The van der Waals surface area contributed by atoms with E-state index in [0.717, 1.165) is 5.56 Å². The second kappa shape index (κ2) is 7.77. The molecule has 0 saturated heterocycles. The second-order valence-corrected chi connectivity index (χ2v) is 7.77. The quantitative estimate of drug-likeness (QED) is 0.491. The van der Waals surface area contributed by atoms with Gasteiger partial charge in [-0.15, -0.1) is 0 Å². The minimum Gasteiger partial charge on any atom is -0.310 e. The van der Waals surface area contributed by atoms with Crippen LogP contribution in [-0.4, -0.2) is 15.9 Å². The fraction of sp³-hybridized carbons (Fsp3) is 0.150. The van der Waals surface area contributed by atoms with E-state index in [1.165, 1.54) is 17.8 Å². The molecule has 8 heteroatoms. The Morgan fingerprint density at radius 1 is 1.14 bits per heavy atom. The Kier molecular flexibility index (Phi) is 5.19. The summed E-state index contributed by atoms with van der Waals surface area (Å²) in [6.45, 7) is 0. The van der Waals surface area contributed by atoms with Gasteiger partial charge in [0.1, 0.15) is 11.6 Å². The molecule has 5 nitrogen and oxygen atoms in total. The maximum absolute atomic E-state index is 13.8. The Morgan fingerprint density at radius 2 is 1.89 bits per heavy atom. The van der Waals surface area contributed by atoms with E-state index in [1.807, 2.05) is 0 Å². The molecule has 0 fully saturated rings. The van der Waals surface area contributed by atoms with Gasteiger partial charge in [0.15, 0.2) is 5.16 Å². The molecule has 1 atom stereocenters. The summed E-state index contributed by atoms with van der Waals surface area (Å²) in [5.74, 6) is -0.371. The first kappa shape index (κ1) is 18.7. The number of aromatic amines is 1. The van der Waals surface area contributed by atoms with Crippen molar-refractivity contribution < 1.29 is 9.18 Å². The van der Waals surface area contributed by atoms with Gasteiger partial charge in [0.2, 0.25) is 5.91 Å². The third-order valence-corrected chi connectivity index (χ3v) is 5.70. The number of halogens is 2. The van der Waals surface area contributed by atoms with Crippen molar-refractivity contribution in [2.75, 3.05) is 5.32 Å². The first-order chi connectivity index (χ1) is 13.5. The van der Waals surface area contributed by atoms with Crippen LogP contribution >= 0.6 is 23.4 Å². The maximum atomic E-state index is 13.8. The number of carbonyl (C=O) groups excluding carboxylic acids is 1. The van der Waals surface area contributed by atoms with Gasteiger partial charge in [0.25, 0.3) is 5.56 Å². The molecule has 2 N–H and O–H groups in total. The Labute approximate surface area is 169 Å². The molecule has 4 rings (SSSR count). The maximum Gasteiger partial charge on any atom is 0.257 e. The number of nitrogens with zero attached hydrogens (tertiary/aromatic N) is 1. The fourth-order valence-electron chi connectivity index (χ4n) is 3.16. The summed E-state index contributed by atoms with van der Waals surface area (Å²) < 4.78 is 13.8. The van der Waals surface area contributed by atoms with Gasteiger partial charge in [0.05, 0.1) is 5.56 Å². The lowest BCUT2D eigenvalue weighted by Crippen LogP contribution is -2.31. The zero-order valence-electron chi connectivity index (χ0n) is 14.5. The van der Waals surface area contributed by atoms with Gasteiger partial charge < -0.3 is 10.3 Å². The molecule has 1 unspecified atom stereocenters. The molecule has 0 radical (unpaired) electrons. The molecule has 3 aromatic rings. The van der Waals surface area contributed by atoms with Gasteiger partial charge in [0, 0.05) is 23.1 Å². The lowest BCUT2D eigenvalue weighted by atomic mass is 9.87. The van der Waals surface area contributed by atoms with Crippen molar-refractivity contribution in [1.82, 2.24) is 9.97 Å². The molecule has 1 aromatic heterocycles. The molecule has 2 heterocycles. The van der Waals surface area contributed by atoms with Gasteiger partial charge in [-0.05, 0) is 29.3 Å². The van der Waals surface area contributed by atoms with Crippen LogP contribution in [0.2, 0.25) is 5.02 Å². The van der Waals surface area contributed by atoms with Crippen LogP contribution in [-0.2, 0) is 10.5 Å². The highest BCUT2D eigenvalue weighted by Crippen LogP contribution is 2.35. The number of benzene rings is 2. The Bertz CT molecular complexity index is 1100. The number of H-pyrrole nitrogens is 1. The molecule has 0 spiro atoms. The van der Waals surface area contributed by atoms with E-state index < -0.39 is 5.92 Å². The molecule has 1 amide bonds. The summed E-state index contributed by atoms with van der Waals surface area (Å²) >= 11 is 7.14. The summed E-state index contributed by atoms with van der Waals surface area (Å²) in [5, 5.41) is 3.58. The number of aromatic nitrogens is 2. The topological polar surface area (TPSA) is 74.8 Å². The molecule has 1 aliphatic heterocycles. The summed E-state index contributed by atoms with van der Waals surface area (Å²) in [5.41, 5.74) is 1.42. The summed E-state index contributed by atoms with van der Waals surface area (Å²) in [7, 11) is 0. The average Bonchev–Trinajstić information content (AvgIpc) is 2.67. The van der Waals surface area contributed by atoms with Crippen LogP contribution in [0.25, 0.3) is 0 Å². The molecule has 0 saturated carbocycles. The van der Waals surface area contributed by atoms with Crippen molar-refractivity contribution in [2.24, 2.45) is 0 Å². The number of hydrogen-bond donors (Lipinski definition) is 2. The zero-order valence-corrected chi connectivity index (χ0v) is 16.1. The van der Waals surface area contributed by atoms with Gasteiger partial charge >= 0.3 is 0 Å². The van der Waals surface area contributed by atoms with Crippen LogP contribution in [0.4, 0.5) is 10.2 Å². The molecule has 28 heavy (non-hydrogen) atoms. The largest absolute Gasteiger partial charge is 0.310 e. The zero-order chi connectivity index (χ0) is 19.7. The first-order valence-electron chi connectivity index (χ1n) is 8.57. The number of amides is 1. The number of hydrogen-bond acceptors (Lipinski definition) is 4. The molecular weight excluding hydrogens is 401 g/mol. The minimum atomic E-state index is -0.400. The summed E-state index contributed by atoms with van der Waals surface area (Å²) in [4.78, 5) is 32.1. The Morgan fingerprint density at radius 3 is 2.64 bits per heavy atom. The highest BCUT2D eigenvalue weighted by atomic mass is 35.5. The fourth-order valence-corrected chi connectivity index (χ4v) is 4.13. The number of nitrogens with one attached hydrogen (secondary N) is 2. The van der Waals surface area contributed by atoms with Gasteiger partial charge in [-0.3, -0.25) is 9.59 Å². The summed E-state index contributed by atoms with van der Waals surface area (Å²) in [6, 6.07) is 13.5. The van der Waals surface area contributed by atoms with Crippen molar-refractivity contribution in [3.05, 3.63) is 86.4 Å². The third-order valence-electron chi connectivity index (χ3n) is 4.52. The Hall–Kier alpha value is -2.64. The van der Waals surface area contributed by atoms with Crippen molar-refractivity contribution in [3.63, 3.8) is 0 Å². The molecule has 2 aromatic carbocycles. The highest BCUT2D eigenvalue weighted by molar-refractivity contribution is 7.98. The van der Waals surface area contributed by atoms with E-state index in [9.17, 15) is 14.0 Å². The van der Waals surface area contributed by atoms with Crippen LogP contribution in [0, 0.1) is 5.82 Å².